The highest BCUT2D eigenvalue weighted by atomic mass is 16.7. The number of likely N-dealkylation sites (N-methyl/N-ethyl adjacent to an activating group) is 2. The number of cyclic esters (lactones) is 1. The molecule has 59 heavy (non-hydrogen) atoms. The Bertz CT molecular complexity index is 1370. The number of rotatable bonds is 11. The summed E-state index contributed by atoms with van der Waals surface area (Å²) in [5.41, 5.74) is -0.481. The van der Waals surface area contributed by atoms with E-state index in [9.17, 15) is 30.0 Å². The smallest absolute Gasteiger partial charge is 0.308 e. The van der Waals surface area contributed by atoms with E-state index in [0.717, 1.165) is 6.29 Å². The van der Waals surface area contributed by atoms with Crippen LogP contribution >= 0.6 is 0 Å². The predicted molar refractivity (Wildman–Crippen MR) is 217 cm³/mol. The van der Waals surface area contributed by atoms with Crippen molar-refractivity contribution >= 4 is 12.3 Å². The quantitative estimate of drug-likeness (QED) is 0.175. The van der Waals surface area contributed by atoms with E-state index in [4.69, 9.17) is 37.9 Å². The summed E-state index contributed by atoms with van der Waals surface area (Å²) in [5, 5.41) is 45.2. The number of hydrogen-bond donors (Lipinski definition) is 4. The van der Waals surface area contributed by atoms with Crippen molar-refractivity contribution in [1.29, 1.82) is 0 Å². The summed E-state index contributed by atoms with van der Waals surface area (Å²) in [6, 6.07) is -0.839. The van der Waals surface area contributed by atoms with Crippen LogP contribution in [0.3, 0.4) is 0 Å². The molecule has 3 saturated heterocycles. The number of ether oxygens (including phenoxy) is 8. The topological polar surface area (TPSA) is 195 Å². The van der Waals surface area contributed by atoms with Gasteiger partial charge in [0.15, 0.2) is 25.2 Å². The number of esters is 1. The van der Waals surface area contributed by atoms with Crippen molar-refractivity contribution in [3.8, 4) is 0 Å². The maximum atomic E-state index is 13.1. The first-order valence-corrected chi connectivity index (χ1v) is 21.2. The average molecular weight is 843 g/mol. The number of aldehydes is 1. The molecule has 0 bridgehead atoms. The number of nitrogens with zero attached hydrogens (tertiary/aromatic N) is 2. The summed E-state index contributed by atoms with van der Waals surface area (Å²) in [7, 11) is 8.79. The van der Waals surface area contributed by atoms with E-state index in [-0.39, 0.29) is 18.4 Å². The van der Waals surface area contributed by atoms with Crippen molar-refractivity contribution < 1.29 is 67.9 Å². The maximum Gasteiger partial charge on any atom is 0.308 e. The number of aliphatic hydroxyl groups excluding tert-OH is 4. The molecule has 0 aromatic heterocycles. The fourth-order valence-corrected chi connectivity index (χ4v) is 8.98. The van der Waals surface area contributed by atoms with Gasteiger partial charge < -0.3 is 72.9 Å². The fraction of sp³-hybridized carbons (Fsp3) is 0.860. The fourth-order valence-electron chi connectivity index (χ4n) is 8.98. The first kappa shape index (κ1) is 49.8. The van der Waals surface area contributed by atoms with Gasteiger partial charge in [-0.25, -0.2) is 0 Å². The number of allylic oxidation sites excluding steroid dienone is 2. The Morgan fingerprint density at radius 1 is 0.864 bits per heavy atom. The number of methoxy groups -OCH3 is 1. The zero-order chi connectivity index (χ0) is 43.8. The summed E-state index contributed by atoms with van der Waals surface area (Å²) in [6.07, 6.45) is -2.01. The highest BCUT2D eigenvalue weighted by Gasteiger charge is 2.51. The third-order valence-electron chi connectivity index (χ3n) is 12.4. The van der Waals surface area contributed by atoms with Gasteiger partial charge in [0.25, 0.3) is 0 Å². The Kier molecular flexibility index (Phi) is 18.9. The number of hydrogen-bond acceptors (Lipinski definition) is 16. The van der Waals surface area contributed by atoms with Crippen LogP contribution in [0.1, 0.15) is 86.5 Å². The molecule has 18 atom stereocenters. The molecule has 0 aromatic carbocycles. The van der Waals surface area contributed by atoms with Gasteiger partial charge in [0, 0.05) is 32.8 Å². The van der Waals surface area contributed by atoms with E-state index in [1.807, 2.05) is 90.0 Å². The summed E-state index contributed by atoms with van der Waals surface area (Å²) < 4.78 is 49.7. The Morgan fingerprint density at radius 3 is 2.19 bits per heavy atom. The van der Waals surface area contributed by atoms with Crippen molar-refractivity contribution in [3.63, 3.8) is 0 Å². The summed E-state index contributed by atoms with van der Waals surface area (Å²) in [6.45, 7) is 11.3. The van der Waals surface area contributed by atoms with Crippen LogP contribution in [-0.4, -0.2) is 176 Å². The molecule has 0 aromatic rings. The van der Waals surface area contributed by atoms with Crippen LogP contribution in [0.2, 0.25) is 0 Å². The van der Waals surface area contributed by atoms with Gasteiger partial charge in [0.2, 0.25) is 0 Å². The summed E-state index contributed by atoms with van der Waals surface area (Å²) >= 11 is 0. The van der Waals surface area contributed by atoms with Gasteiger partial charge >= 0.3 is 5.97 Å². The zero-order valence-corrected chi connectivity index (χ0v) is 37.0. The number of carbonyl (C=O) groups excluding carboxylic acids is 2. The normalized spacial score (nSPS) is 44.2. The highest BCUT2D eigenvalue weighted by Crippen LogP contribution is 2.40. The van der Waals surface area contributed by atoms with Crippen LogP contribution in [0, 0.1) is 17.3 Å². The molecule has 0 saturated carbocycles. The van der Waals surface area contributed by atoms with Crippen molar-refractivity contribution in [2.24, 2.45) is 17.3 Å². The third kappa shape index (κ3) is 13.3. The summed E-state index contributed by atoms with van der Waals surface area (Å²) in [5.74, 6) is -1.55. The Morgan fingerprint density at radius 2 is 1.58 bits per heavy atom. The molecule has 16 heteroatoms. The average Bonchev–Trinajstić information content (AvgIpc) is 3.13. The Balaban J connectivity index is 1.66. The van der Waals surface area contributed by atoms with Gasteiger partial charge in [-0.2, -0.15) is 0 Å². The minimum Gasteiger partial charge on any atom is -0.462 e. The van der Waals surface area contributed by atoms with Gasteiger partial charge in [-0.05, 0) is 79.1 Å². The molecule has 340 valence electrons. The molecular weight excluding hydrogens is 768 g/mol. The minimum atomic E-state index is -1.42. The second-order valence-corrected chi connectivity index (χ2v) is 18.1. The lowest BCUT2D eigenvalue weighted by atomic mass is 9.78. The standard InChI is InChI=1S/C43H74N2O14/c1-24-21-28(19-20-46)38(59-42-36(49)35(45(9)10)37(26(3)55-42)57-34-23-43(5,6)40(50)27(4)54-34)39(52-11)30(47)22-32(48)53-25(2)15-13-12-14-16-31(24)56-33-18-17-29(44(7)8)41(51)58-33/h12-14,16,20,24-31,33-42,47,49-51H,15,17-19,21-23H2,1-11H3/b13-12+,16-14+/t24-,25-,26-,27+,28+,29+,30-,31+,33?,34+,35-,36-,37-,38+,39+,40+,41+,42+/m1/s1. The van der Waals surface area contributed by atoms with Crippen LogP contribution in [0.25, 0.3) is 0 Å². The van der Waals surface area contributed by atoms with E-state index in [1.165, 1.54) is 7.11 Å². The molecule has 0 spiro atoms. The zero-order valence-electron chi connectivity index (χ0n) is 37.0. The molecule has 0 aliphatic carbocycles. The number of aliphatic hydroxyl groups is 4. The van der Waals surface area contributed by atoms with Crippen molar-refractivity contribution in [3.05, 3.63) is 24.3 Å². The van der Waals surface area contributed by atoms with E-state index >= 15 is 0 Å². The molecule has 0 amide bonds. The Hall–Kier alpha value is -1.90. The SMILES string of the molecule is CO[C@@H]1[C@@H](O[C@@H]2O[C@H](C)[C@@H](O[C@H]3CC(C)(C)[C@@H](O)[C@H](C)O3)[C@H](N(C)C)[C@H]2O)[C@@H](CC=O)C[C@@H](C)[C@@H](OC2CC[C@H](N(C)C)[C@@H](O)O2)/C=C/C=C/C[C@@H](C)OC(=O)C[C@H]1O. The van der Waals surface area contributed by atoms with Gasteiger partial charge in [-0.15, -0.1) is 0 Å². The maximum absolute atomic E-state index is 13.1. The van der Waals surface area contributed by atoms with Crippen LogP contribution in [0.4, 0.5) is 0 Å². The lowest BCUT2D eigenvalue weighted by Crippen LogP contribution is -2.65. The lowest BCUT2D eigenvalue weighted by molar-refractivity contribution is -0.340. The first-order valence-electron chi connectivity index (χ1n) is 21.2. The van der Waals surface area contributed by atoms with E-state index < -0.39 is 116 Å². The van der Waals surface area contributed by atoms with Crippen molar-refractivity contribution in [2.45, 2.75) is 185 Å². The van der Waals surface area contributed by atoms with Crippen LogP contribution < -0.4 is 0 Å². The molecule has 4 N–H and O–H groups in total. The molecule has 4 aliphatic rings. The highest BCUT2D eigenvalue weighted by molar-refractivity contribution is 5.70. The Labute approximate surface area is 351 Å². The lowest BCUT2D eigenvalue weighted by Gasteiger charge is -2.50. The van der Waals surface area contributed by atoms with Crippen molar-refractivity contribution in [2.75, 3.05) is 35.3 Å². The molecule has 4 aliphatic heterocycles. The molecular formula is C43H74N2O14. The van der Waals surface area contributed by atoms with E-state index in [2.05, 4.69) is 0 Å². The molecule has 0 radical (unpaired) electrons. The molecule has 4 rings (SSSR count). The third-order valence-corrected chi connectivity index (χ3v) is 12.4. The van der Waals surface area contributed by atoms with Gasteiger partial charge in [-0.1, -0.05) is 45.1 Å². The monoisotopic (exact) mass is 843 g/mol. The van der Waals surface area contributed by atoms with Crippen LogP contribution in [0.5, 0.6) is 0 Å². The molecule has 1 unspecified atom stereocenters. The van der Waals surface area contributed by atoms with Crippen LogP contribution in [-0.2, 0) is 47.5 Å². The first-order chi connectivity index (χ1) is 27.8. The second-order valence-electron chi connectivity index (χ2n) is 18.1. The van der Waals surface area contributed by atoms with Crippen LogP contribution in [0.15, 0.2) is 24.3 Å². The van der Waals surface area contributed by atoms with E-state index in [1.54, 1.807) is 13.8 Å². The van der Waals surface area contributed by atoms with Gasteiger partial charge in [0.1, 0.15) is 30.7 Å². The summed E-state index contributed by atoms with van der Waals surface area (Å²) in [4.78, 5) is 29.3. The largest absolute Gasteiger partial charge is 0.462 e. The van der Waals surface area contributed by atoms with Crippen molar-refractivity contribution in [1.82, 2.24) is 9.80 Å². The number of carbonyl (C=O) groups is 2. The minimum absolute atomic E-state index is 0.0252. The molecule has 4 heterocycles. The van der Waals surface area contributed by atoms with Gasteiger partial charge in [-0.3, -0.25) is 4.79 Å². The molecule has 3 fully saturated rings. The predicted octanol–water partition coefficient (Wildman–Crippen LogP) is 2.53. The molecule has 16 nitrogen and oxygen atoms in total. The van der Waals surface area contributed by atoms with Gasteiger partial charge in [0.05, 0.1) is 55.1 Å². The van der Waals surface area contributed by atoms with E-state index in [0.29, 0.717) is 32.1 Å². The second kappa shape index (κ2) is 22.5.